The minimum absolute atomic E-state index is 0.136. The van der Waals surface area contributed by atoms with Gasteiger partial charge in [-0.1, -0.05) is 244 Å². The second kappa shape index (κ2) is 59.5. The summed E-state index contributed by atoms with van der Waals surface area (Å²) < 4.78 is 22.7. The number of hydrogen-bond acceptors (Lipinski definition) is 8. The zero-order valence-electron chi connectivity index (χ0n) is 50.9. The molecule has 0 saturated heterocycles. The molecule has 0 N–H and O–H groups in total. The normalized spacial score (nSPS) is 13.7. The van der Waals surface area contributed by atoms with E-state index >= 15 is 0 Å². The van der Waals surface area contributed by atoms with Gasteiger partial charge in [0.25, 0.3) is 0 Å². The molecule has 0 aromatic carbocycles. The number of esters is 2. The lowest BCUT2D eigenvalue weighted by molar-refractivity contribution is -0.870. The molecule has 0 aliphatic rings. The fourth-order valence-electron chi connectivity index (χ4n) is 8.15. The van der Waals surface area contributed by atoms with Crippen LogP contribution >= 0.6 is 0 Å². The van der Waals surface area contributed by atoms with Crippen LogP contribution in [0.3, 0.4) is 0 Å². The summed E-state index contributed by atoms with van der Waals surface area (Å²) in [5, 5.41) is 11.8. The maximum absolute atomic E-state index is 12.9. The van der Waals surface area contributed by atoms with Crippen molar-refractivity contribution in [3.63, 3.8) is 0 Å². The maximum Gasteiger partial charge on any atom is 0.306 e. The highest BCUT2D eigenvalue weighted by atomic mass is 16.7. The monoisotopic (exact) mass is 1100 g/mol. The first-order chi connectivity index (χ1) is 38.6. The molecule has 448 valence electrons. The minimum atomic E-state index is -1.64. The van der Waals surface area contributed by atoms with Crippen LogP contribution in [0.15, 0.2) is 134 Å². The molecule has 0 saturated carbocycles. The summed E-state index contributed by atoms with van der Waals surface area (Å²) >= 11 is 0. The molecule has 0 bridgehead atoms. The van der Waals surface area contributed by atoms with Gasteiger partial charge in [0.2, 0.25) is 0 Å². The van der Waals surface area contributed by atoms with Crippen molar-refractivity contribution in [1.82, 2.24) is 0 Å². The molecule has 0 aromatic heterocycles. The summed E-state index contributed by atoms with van der Waals surface area (Å²) in [5.74, 6) is -2.32. The van der Waals surface area contributed by atoms with E-state index in [1.54, 1.807) is 0 Å². The van der Waals surface area contributed by atoms with E-state index in [4.69, 9.17) is 18.9 Å². The number of carbonyl (C=O) groups excluding carboxylic acids is 3. The molecular weight excluding hydrogens is 983 g/mol. The number of carboxylic acids is 1. The van der Waals surface area contributed by atoms with Crippen molar-refractivity contribution in [2.45, 2.75) is 245 Å². The summed E-state index contributed by atoms with van der Waals surface area (Å²) in [6.07, 6.45) is 82.2. The van der Waals surface area contributed by atoms with Gasteiger partial charge in [0.1, 0.15) is 13.2 Å². The molecule has 0 rings (SSSR count). The summed E-state index contributed by atoms with van der Waals surface area (Å²) in [6.45, 7) is 4.49. The summed E-state index contributed by atoms with van der Waals surface area (Å²) in [5.41, 5.74) is 0. The Bertz CT molecular complexity index is 1750. The maximum atomic E-state index is 12.9. The highest BCUT2D eigenvalue weighted by Crippen LogP contribution is 2.15. The Hall–Kier alpha value is -4.57. The van der Waals surface area contributed by atoms with Gasteiger partial charge in [0.05, 0.1) is 40.3 Å². The van der Waals surface area contributed by atoms with Crippen molar-refractivity contribution < 1.29 is 42.9 Å². The number of rotatable bonds is 56. The number of likely N-dealkylation sites (N-methyl/N-ethyl adjacent to an activating group) is 1. The lowest BCUT2D eigenvalue weighted by atomic mass is 10.0. The van der Waals surface area contributed by atoms with Crippen LogP contribution in [0.2, 0.25) is 0 Å². The number of ether oxygens (including phenoxy) is 4. The Morgan fingerprint density at radius 3 is 1.01 bits per heavy atom. The van der Waals surface area contributed by atoms with Gasteiger partial charge in [0, 0.05) is 12.8 Å². The second-order valence-electron chi connectivity index (χ2n) is 21.6. The largest absolute Gasteiger partial charge is 0.545 e. The predicted octanol–water partition coefficient (Wildman–Crippen LogP) is 17.7. The third-order valence-corrected chi connectivity index (χ3v) is 12.9. The van der Waals surface area contributed by atoms with E-state index in [-0.39, 0.29) is 38.6 Å². The van der Waals surface area contributed by atoms with Crippen LogP contribution in [0.1, 0.15) is 232 Å². The van der Waals surface area contributed by atoms with E-state index in [1.807, 2.05) is 21.1 Å². The smallest absolute Gasteiger partial charge is 0.306 e. The third-order valence-electron chi connectivity index (χ3n) is 12.9. The van der Waals surface area contributed by atoms with Gasteiger partial charge in [-0.25, -0.2) is 0 Å². The van der Waals surface area contributed by atoms with Crippen molar-refractivity contribution in [2.24, 2.45) is 0 Å². The van der Waals surface area contributed by atoms with Crippen LogP contribution < -0.4 is 5.11 Å². The number of unbranched alkanes of at least 4 members (excludes halogenated alkanes) is 19. The highest BCUT2D eigenvalue weighted by Gasteiger charge is 2.22. The summed E-state index contributed by atoms with van der Waals surface area (Å²) in [6, 6.07) is 0. The first-order valence-corrected chi connectivity index (χ1v) is 31.3. The quantitative estimate of drug-likeness (QED) is 0.0195. The van der Waals surface area contributed by atoms with Crippen LogP contribution in [0, 0.1) is 0 Å². The first-order valence-electron chi connectivity index (χ1n) is 31.3. The number of hydrogen-bond donors (Lipinski definition) is 0. The highest BCUT2D eigenvalue weighted by molar-refractivity contribution is 5.70. The van der Waals surface area contributed by atoms with E-state index in [2.05, 4.69) is 148 Å². The van der Waals surface area contributed by atoms with Crippen molar-refractivity contribution in [2.75, 3.05) is 47.5 Å². The average molecular weight is 1100 g/mol. The Morgan fingerprint density at radius 2 is 0.684 bits per heavy atom. The lowest BCUT2D eigenvalue weighted by Gasteiger charge is -2.26. The van der Waals surface area contributed by atoms with Gasteiger partial charge < -0.3 is 33.3 Å². The molecule has 0 aromatic rings. The molecule has 79 heavy (non-hydrogen) atoms. The van der Waals surface area contributed by atoms with Gasteiger partial charge in [-0.15, -0.1) is 0 Å². The Labute approximate surface area is 484 Å². The third kappa shape index (κ3) is 60.9. The number of nitrogens with zero attached hydrogens (tertiary/aromatic N) is 1. The van der Waals surface area contributed by atoms with Gasteiger partial charge in [-0.05, 0) is 109 Å². The Kier molecular flexibility index (Phi) is 56.1. The standard InChI is InChI=1S/C70H115NO8/c1-6-8-10-12-14-16-18-20-22-24-26-28-30-32-34-36-38-40-42-44-46-48-50-52-54-56-58-60-67(72)77-64-66(65-78-70(69(74)75)76-63-62-71(3,4)5)79-68(73)61-59-57-55-53-51-49-47-45-43-41-39-37-35-33-31-29-27-25-23-21-19-17-15-13-11-9-7-2/h8-11,14-17,20-23,26-29,33,35,39,41,45,47,66,70H,6-7,12-13,18-19,24-25,30-32,34,36-38,40,42-44,46,48-65H2,1-5H3/b10-8-,11-9-,16-14-,17-15-,22-20-,23-21-,28-26-,29-27-,35-33-,41-39-,47-45-. The molecule has 0 radical (unpaired) electrons. The molecule has 2 unspecified atom stereocenters. The van der Waals surface area contributed by atoms with Crippen LogP contribution in [0.25, 0.3) is 0 Å². The number of allylic oxidation sites excluding steroid dienone is 22. The van der Waals surface area contributed by atoms with Crippen molar-refractivity contribution in [3.05, 3.63) is 134 Å². The van der Waals surface area contributed by atoms with E-state index in [0.717, 1.165) is 122 Å². The van der Waals surface area contributed by atoms with E-state index in [9.17, 15) is 19.5 Å². The molecule has 9 nitrogen and oxygen atoms in total. The fraction of sp³-hybridized carbons (Fsp3) is 0.643. The van der Waals surface area contributed by atoms with Gasteiger partial charge in [-0.2, -0.15) is 0 Å². The molecule has 0 aliphatic carbocycles. The fourth-order valence-corrected chi connectivity index (χ4v) is 8.15. The molecule has 0 amide bonds. The van der Waals surface area contributed by atoms with Crippen molar-refractivity contribution in [1.29, 1.82) is 0 Å². The van der Waals surface area contributed by atoms with Gasteiger partial charge >= 0.3 is 11.9 Å². The lowest BCUT2D eigenvalue weighted by Crippen LogP contribution is -2.44. The average Bonchev–Trinajstić information content (AvgIpc) is 3.42. The second-order valence-corrected chi connectivity index (χ2v) is 21.6. The molecule has 0 spiro atoms. The van der Waals surface area contributed by atoms with Gasteiger partial charge in [-0.3, -0.25) is 9.59 Å². The van der Waals surface area contributed by atoms with E-state index in [0.29, 0.717) is 17.4 Å². The molecule has 2 atom stereocenters. The molecular formula is C70H115NO8. The number of carboxylic acid groups (broad SMARTS) is 1. The van der Waals surface area contributed by atoms with E-state index in [1.165, 1.54) is 77.0 Å². The predicted molar refractivity (Wildman–Crippen MR) is 333 cm³/mol. The van der Waals surface area contributed by atoms with Gasteiger partial charge in [0.15, 0.2) is 12.4 Å². The first kappa shape index (κ1) is 74.4. The number of quaternary nitrogens is 1. The van der Waals surface area contributed by atoms with Crippen LogP contribution in [-0.4, -0.2) is 82.3 Å². The number of carbonyl (C=O) groups is 3. The zero-order chi connectivity index (χ0) is 57.6. The molecule has 0 aliphatic heterocycles. The summed E-state index contributed by atoms with van der Waals surface area (Å²) in [7, 11) is 5.91. The molecule has 0 fully saturated rings. The van der Waals surface area contributed by atoms with Crippen LogP contribution in [0.4, 0.5) is 0 Å². The zero-order valence-corrected chi connectivity index (χ0v) is 50.9. The van der Waals surface area contributed by atoms with Crippen molar-refractivity contribution >= 4 is 17.9 Å². The topological polar surface area (TPSA) is 111 Å². The van der Waals surface area contributed by atoms with Crippen LogP contribution in [0.5, 0.6) is 0 Å². The summed E-state index contributed by atoms with van der Waals surface area (Å²) in [4.78, 5) is 37.4. The molecule has 9 heteroatoms. The molecule has 0 heterocycles. The van der Waals surface area contributed by atoms with E-state index < -0.39 is 24.3 Å². The van der Waals surface area contributed by atoms with Crippen LogP contribution in [-0.2, 0) is 33.3 Å². The number of aliphatic carboxylic acids is 1. The Morgan fingerprint density at radius 1 is 0.380 bits per heavy atom. The van der Waals surface area contributed by atoms with Crippen molar-refractivity contribution in [3.8, 4) is 0 Å². The SMILES string of the molecule is CC/C=C\C/C=C\C/C=C\C/C=C\C/C=C\C/C=C\C/C=C\CCCCCCCC(=O)OC(COC(=O)CCCCCCCCCCCCCCCC/C=C\C/C=C\C/C=C\C/C=C\CC)COC(OCC[N+](C)(C)C)C(=O)[O-]. The Balaban J connectivity index is 4.27. The minimum Gasteiger partial charge on any atom is -0.545 e.